The fourth-order valence-corrected chi connectivity index (χ4v) is 2.90. The fraction of sp³-hybridized carbons (Fsp3) is 0.562. The Bertz CT molecular complexity index is 783. The molecule has 1 unspecified atom stereocenters. The number of carbonyl (C=O) groups is 1. The van der Waals surface area contributed by atoms with Gasteiger partial charge in [-0.25, -0.2) is 9.67 Å². The molecule has 0 radical (unpaired) electrons. The Balaban J connectivity index is 1.61. The van der Waals surface area contributed by atoms with Crippen molar-refractivity contribution in [2.75, 3.05) is 6.61 Å². The summed E-state index contributed by atoms with van der Waals surface area (Å²) in [5.41, 5.74) is -2.89. The van der Waals surface area contributed by atoms with E-state index in [0.717, 1.165) is 0 Å². The van der Waals surface area contributed by atoms with Crippen LogP contribution in [0.1, 0.15) is 32.6 Å². The second-order valence-electron chi connectivity index (χ2n) is 6.78. The topological polar surface area (TPSA) is 76.7 Å². The van der Waals surface area contributed by atoms with E-state index in [4.69, 9.17) is 16.3 Å². The van der Waals surface area contributed by atoms with Crippen LogP contribution >= 0.6 is 11.6 Å². The van der Waals surface area contributed by atoms with E-state index in [9.17, 15) is 23.1 Å². The zero-order chi connectivity index (χ0) is 19.2. The Morgan fingerprint density at radius 1 is 1.46 bits per heavy atom. The number of rotatable bonds is 6. The highest BCUT2D eigenvalue weighted by atomic mass is 35.5. The number of ether oxygens (including phenoxy) is 1. The molecule has 142 valence electrons. The Labute approximate surface area is 152 Å². The van der Waals surface area contributed by atoms with Crippen molar-refractivity contribution in [2.24, 2.45) is 15.8 Å². The van der Waals surface area contributed by atoms with Crippen molar-refractivity contribution < 1.29 is 27.8 Å². The third-order valence-corrected chi connectivity index (χ3v) is 5.42. The fourth-order valence-electron chi connectivity index (χ4n) is 2.66. The van der Waals surface area contributed by atoms with Gasteiger partial charge in [-0.05, 0) is 38.7 Å². The van der Waals surface area contributed by atoms with E-state index in [1.165, 1.54) is 23.9 Å². The number of carboxylic acid groups (broad SMARTS) is 1. The van der Waals surface area contributed by atoms with Crippen molar-refractivity contribution in [3.05, 3.63) is 18.3 Å². The first kappa shape index (κ1) is 18.8. The van der Waals surface area contributed by atoms with Crippen LogP contribution in [0.5, 0.6) is 5.88 Å². The zero-order valence-electron chi connectivity index (χ0n) is 13.9. The van der Waals surface area contributed by atoms with Crippen molar-refractivity contribution in [3.63, 3.8) is 0 Å². The number of hydrogen-bond acceptors (Lipinski definition) is 4. The molecule has 1 aromatic heterocycles. The molecule has 0 saturated heterocycles. The molecule has 2 aliphatic rings. The van der Waals surface area contributed by atoms with Gasteiger partial charge in [-0.15, -0.1) is 5.10 Å². The molecule has 2 heterocycles. The normalized spacial score (nSPS) is 24.7. The van der Waals surface area contributed by atoms with Crippen molar-refractivity contribution in [1.82, 2.24) is 9.78 Å². The van der Waals surface area contributed by atoms with Gasteiger partial charge in [0, 0.05) is 12.3 Å². The van der Waals surface area contributed by atoms with Crippen LogP contribution in [0.4, 0.5) is 13.2 Å². The lowest BCUT2D eigenvalue weighted by molar-refractivity contribution is -0.190. The van der Waals surface area contributed by atoms with Crippen molar-refractivity contribution in [1.29, 1.82) is 0 Å². The molecule has 1 aliphatic carbocycles. The van der Waals surface area contributed by atoms with E-state index in [1.54, 1.807) is 6.08 Å². The van der Waals surface area contributed by atoms with E-state index in [-0.39, 0.29) is 43.3 Å². The number of hydrogen-bond donors (Lipinski definition) is 1. The summed E-state index contributed by atoms with van der Waals surface area (Å²) in [6.07, 6.45) is -0.788. The summed E-state index contributed by atoms with van der Waals surface area (Å²) < 4.78 is 45.3. The quantitative estimate of drug-likeness (QED) is 0.797. The average molecular weight is 392 g/mol. The predicted molar refractivity (Wildman–Crippen MR) is 88.0 cm³/mol. The van der Waals surface area contributed by atoms with E-state index < -0.39 is 23.0 Å². The molecule has 1 fully saturated rings. The van der Waals surface area contributed by atoms with Crippen LogP contribution in [0, 0.1) is 10.8 Å². The van der Waals surface area contributed by atoms with Crippen LogP contribution in [0.2, 0.25) is 0 Å². The van der Waals surface area contributed by atoms with Crippen molar-refractivity contribution >= 4 is 28.6 Å². The highest BCUT2D eigenvalue weighted by molar-refractivity contribution is 6.68. The van der Waals surface area contributed by atoms with Crippen LogP contribution in [-0.2, 0) is 4.79 Å². The van der Waals surface area contributed by atoms with E-state index in [0.29, 0.717) is 5.82 Å². The van der Waals surface area contributed by atoms with Crippen molar-refractivity contribution in [3.8, 4) is 5.88 Å². The Morgan fingerprint density at radius 3 is 2.69 bits per heavy atom. The van der Waals surface area contributed by atoms with Crippen LogP contribution in [0.3, 0.4) is 0 Å². The van der Waals surface area contributed by atoms with Crippen LogP contribution in [0.15, 0.2) is 23.3 Å². The number of carboxylic acids is 1. The summed E-state index contributed by atoms with van der Waals surface area (Å²) in [5.74, 6) is -0.580. The molecule has 1 aromatic rings. The van der Waals surface area contributed by atoms with Gasteiger partial charge in [0.2, 0.25) is 5.88 Å². The molecule has 6 nitrogen and oxygen atoms in total. The van der Waals surface area contributed by atoms with Gasteiger partial charge >= 0.3 is 12.1 Å². The van der Waals surface area contributed by atoms with E-state index >= 15 is 0 Å². The maximum absolute atomic E-state index is 12.9. The molecule has 1 N–H and O–H groups in total. The number of nitrogens with zero attached hydrogens (tertiary/aromatic N) is 3. The molecule has 0 spiro atoms. The zero-order valence-corrected chi connectivity index (χ0v) is 14.6. The number of aromatic nitrogens is 2. The Morgan fingerprint density at radius 2 is 2.15 bits per heavy atom. The molecule has 0 aromatic carbocycles. The van der Waals surface area contributed by atoms with Gasteiger partial charge in [0.15, 0.2) is 5.82 Å². The van der Waals surface area contributed by atoms with Crippen molar-refractivity contribution in [2.45, 2.75) is 38.8 Å². The van der Waals surface area contributed by atoms with E-state index in [2.05, 4.69) is 10.1 Å². The molecule has 3 rings (SSSR count). The SMILES string of the molecule is CC1(C(=O)O)CC=C(n2ccc(OCCC3(C(F)(F)F)CC3)n2)N=C1Cl. The monoisotopic (exact) mass is 391 g/mol. The van der Waals surface area contributed by atoms with E-state index in [1.807, 2.05) is 0 Å². The number of aliphatic imine (C=N–C) groups is 1. The minimum Gasteiger partial charge on any atom is -0.481 e. The van der Waals surface area contributed by atoms with Crippen LogP contribution in [0.25, 0.3) is 5.82 Å². The van der Waals surface area contributed by atoms with Gasteiger partial charge in [0.25, 0.3) is 0 Å². The predicted octanol–water partition coefficient (Wildman–Crippen LogP) is 3.92. The lowest BCUT2D eigenvalue weighted by Crippen LogP contribution is -2.35. The first-order chi connectivity index (χ1) is 12.1. The van der Waals surface area contributed by atoms with Gasteiger partial charge in [-0.2, -0.15) is 13.2 Å². The lowest BCUT2D eigenvalue weighted by Gasteiger charge is -2.25. The average Bonchev–Trinajstić information content (AvgIpc) is 3.21. The number of allylic oxidation sites excluding steroid dienone is 1. The van der Waals surface area contributed by atoms with Gasteiger partial charge < -0.3 is 9.84 Å². The third kappa shape index (κ3) is 3.32. The molecule has 10 heteroatoms. The Hall–Kier alpha value is -2.03. The number of aliphatic carboxylic acids is 1. The maximum Gasteiger partial charge on any atom is 0.394 e. The second kappa shape index (κ2) is 6.29. The minimum absolute atomic E-state index is 0.0682. The third-order valence-electron chi connectivity index (χ3n) is 4.92. The summed E-state index contributed by atoms with van der Waals surface area (Å²) in [6.45, 7) is 1.39. The van der Waals surface area contributed by atoms with Crippen LogP contribution < -0.4 is 4.74 Å². The summed E-state index contributed by atoms with van der Waals surface area (Å²) in [6, 6.07) is 1.50. The summed E-state index contributed by atoms with van der Waals surface area (Å²) in [5, 5.41) is 13.3. The standard InChI is InChI=1S/C16H17ClF3N3O3/c1-14(13(24)25)4-2-10(21-12(14)17)23-8-3-11(22-23)26-9-7-15(5-6-15)16(18,19)20/h2-3,8H,4-7,9H2,1H3,(H,24,25). The molecule has 1 saturated carbocycles. The molecule has 0 amide bonds. The molecule has 26 heavy (non-hydrogen) atoms. The van der Waals surface area contributed by atoms with Crippen LogP contribution in [-0.4, -0.2) is 38.8 Å². The number of halogens is 4. The molecule has 1 atom stereocenters. The minimum atomic E-state index is -4.20. The second-order valence-corrected chi connectivity index (χ2v) is 7.14. The smallest absolute Gasteiger partial charge is 0.394 e. The molecule has 1 aliphatic heterocycles. The highest BCUT2D eigenvalue weighted by Crippen LogP contribution is 2.59. The molecular formula is C16H17ClF3N3O3. The summed E-state index contributed by atoms with van der Waals surface area (Å²) in [4.78, 5) is 15.4. The summed E-state index contributed by atoms with van der Waals surface area (Å²) >= 11 is 6.00. The van der Waals surface area contributed by atoms with Gasteiger partial charge in [-0.3, -0.25) is 4.79 Å². The number of alkyl halides is 3. The molecular weight excluding hydrogens is 375 g/mol. The summed E-state index contributed by atoms with van der Waals surface area (Å²) in [7, 11) is 0. The highest BCUT2D eigenvalue weighted by Gasteiger charge is 2.62. The Kier molecular flexibility index (Phi) is 4.54. The lowest BCUT2D eigenvalue weighted by atomic mass is 9.86. The molecule has 0 bridgehead atoms. The van der Waals surface area contributed by atoms with Gasteiger partial charge in [0.1, 0.15) is 10.6 Å². The van der Waals surface area contributed by atoms with Gasteiger partial charge in [-0.1, -0.05) is 11.6 Å². The maximum atomic E-state index is 12.9. The first-order valence-electron chi connectivity index (χ1n) is 8.01. The first-order valence-corrected chi connectivity index (χ1v) is 8.39. The largest absolute Gasteiger partial charge is 0.481 e. The van der Waals surface area contributed by atoms with Gasteiger partial charge in [0.05, 0.1) is 12.0 Å².